The summed E-state index contributed by atoms with van der Waals surface area (Å²) in [4.78, 5) is 2.43. The first-order chi connectivity index (χ1) is 8.16. The summed E-state index contributed by atoms with van der Waals surface area (Å²) in [6.45, 7) is 2.10. The van der Waals surface area contributed by atoms with Crippen LogP contribution in [-0.2, 0) is 0 Å². The van der Waals surface area contributed by atoms with Gasteiger partial charge in [-0.2, -0.15) is 0 Å². The first kappa shape index (κ1) is 11.2. The highest BCUT2D eigenvalue weighted by molar-refractivity contribution is 6.34. The number of aryl methyl sites for hydroxylation is 1. The molecule has 1 fully saturated rings. The number of hydrogen-bond donors (Lipinski definition) is 1. The van der Waals surface area contributed by atoms with Crippen LogP contribution in [0, 0.1) is 6.92 Å². The number of fused-ring (bicyclic) bond motifs is 2. The third kappa shape index (κ3) is 1.79. The van der Waals surface area contributed by atoms with Crippen molar-refractivity contribution in [2.24, 2.45) is 0 Å². The molecule has 3 rings (SSSR count). The van der Waals surface area contributed by atoms with Crippen LogP contribution in [0.15, 0.2) is 12.1 Å². The van der Waals surface area contributed by atoms with Crippen molar-refractivity contribution in [3.05, 3.63) is 22.7 Å². The Balaban J connectivity index is 2.05. The van der Waals surface area contributed by atoms with Crippen LogP contribution in [0.25, 0.3) is 0 Å². The number of benzene rings is 1. The van der Waals surface area contributed by atoms with E-state index in [4.69, 9.17) is 11.6 Å². The van der Waals surface area contributed by atoms with E-state index in [0.29, 0.717) is 12.1 Å². The maximum atomic E-state index is 6.35. The lowest BCUT2D eigenvalue weighted by atomic mass is 9.87. The van der Waals surface area contributed by atoms with Crippen molar-refractivity contribution >= 4 is 23.0 Å². The van der Waals surface area contributed by atoms with Gasteiger partial charge in [0.05, 0.1) is 16.4 Å². The highest BCUT2D eigenvalue weighted by Crippen LogP contribution is 2.42. The molecule has 2 nitrogen and oxygen atoms in total. The molecule has 1 aromatic rings. The molecule has 3 heteroatoms. The number of hydrogen-bond acceptors (Lipinski definition) is 2. The van der Waals surface area contributed by atoms with Crippen molar-refractivity contribution < 1.29 is 0 Å². The Morgan fingerprint density at radius 1 is 1.29 bits per heavy atom. The summed E-state index contributed by atoms with van der Waals surface area (Å²) in [5.74, 6) is 0. The van der Waals surface area contributed by atoms with Crippen molar-refractivity contribution in [2.75, 3.05) is 17.3 Å². The van der Waals surface area contributed by atoms with Crippen molar-refractivity contribution in [1.82, 2.24) is 0 Å². The van der Waals surface area contributed by atoms with Gasteiger partial charge in [0.15, 0.2) is 0 Å². The lowest BCUT2D eigenvalue weighted by Crippen LogP contribution is -2.50. The number of likely N-dealkylation sites (N-methyl/N-ethyl adjacent to an activating group) is 1. The quantitative estimate of drug-likeness (QED) is 0.753. The molecule has 1 saturated carbocycles. The summed E-state index contributed by atoms with van der Waals surface area (Å²) < 4.78 is 0. The lowest BCUT2D eigenvalue weighted by Gasteiger charge is -2.45. The number of rotatable bonds is 0. The van der Waals surface area contributed by atoms with Crippen LogP contribution in [0.5, 0.6) is 0 Å². The monoisotopic (exact) mass is 250 g/mol. The second-order valence-corrected chi connectivity index (χ2v) is 5.76. The van der Waals surface area contributed by atoms with E-state index in [2.05, 4.69) is 30.3 Å². The molecule has 1 aliphatic heterocycles. The van der Waals surface area contributed by atoms with E-state index >= 15 is 0 Å². The summed E-state index contributed by atoms with van der Waals surface area (Å²) in [5, 5.41) is 4.51. The van der Waals surface area contributed by atoms with Crippen LogP contribution in [0.3, 0.4) is 0 Å². The minimum Gasteiger partial charge on any atom is -0.377 e. The Hall–Kier alpha value is -0.890. The summed E-state index contributed by atoms with van der Waals surface area (Å²) in [5.41, 5.74) is 3.62. The maximum Gasteiger partial charge on any atom is 0.0770 e. The van der Waals surface area contributed by atoms with Gasteiger partial charge in [-0.05, 0) is 37.5 Å². The Morgan fingerprint density at radius 2 is 2.06 bits per heavy atom. The van der Waals surface area contributed by atoms with Gasteiger partial charge in [-0.25, -0.2) is 0 Å². The minimum absolute atomic E-state index is 0.571. The Labute approximate surface area is 108 Å². The number of nitrogens with zero attached hydrogens (tertiary/aromatic N) is 1. The zero-order chi connectivity index (χ0) is 12.0. The summed E-state index contributed by atoms with van der Waals surface area (Å²) >= 11 is 6.35. The van der Waals surface area contributed by atoms with E-state index in [1.54, 1.807) is 0 Å². The second-order valence-electron chi connectivity index (χ2n) is 5.35. The van der Waals surface area contributed by atoms with Gasteiger partial charge in [0.1, 0.15) is 0 Å². The molecule has 0 bridgehead atoms. The van der Waals surface area contributed by atoms with Gasteiger partial charge in [0, 0.05) is 19.1 Å². The zero-order valence-corrected chi connectivity index (χ0v) is 11.2. The van der Waals surface area contributed by atoms with E-state index in [0.717, 1.165) is 10.7 Å². The Bertz CT molecular complexity index is 444. The van der Waals surface area contributed by atoms with Crippen LogP contribution in [0.1, 0.15) is 31.2 Å². The topological polar surface area (TPSA) is 15.3 Å². The molecule has 0 amide bonds. The molecule has 1 N–H and O–H groups in total. The van der Waals surface area contributed by atoms with Crippen LogP contribution in [-0.4, -0.2) is 19.1 Å². The minimum atomic E-state index is 0.571. The molecule has 0 saturated heterocycles. The average molecular weight is 251 g/mol. The van der Waals surface area contributed by atoms with Gasteiger partial charge in [0.25, 0.3) is 0 Å². The molecule has 0 radical (unpaired) electrons. The maximum absolute atomic E-state index is 6.35. The lowest BCUT2D eigenvalue weighted by molar-refractivity contribution is 0.385. The molecule has 92 valence electrons. The molecule has 2 unspecified atom stereocenters. The van der Waals surface area contributed by atoms with E-state index in [1.165, 1.54) is 36.9 Å². The molecule has 0 aromatic heterocycles. The third-order valence-corrected chi connectivity index (χ3v) is 4.45. The van der Waals surface area contributed by atoms with Crippen molar-refractivity contribution in [3.8, 4) is 0 Å². The van der Waals surface area contributed by atoms with E-state index in [-0.39, 0.29) is 0 Å². The standard InChI is InChI=1S/C14H19ClN2/c1-9-7-10(15)14-13(8-9)17(2)12-6-4-3-5-11(12)16-14/h7-8,11-12,16H,3-6H2,1-2H3. The number of anilines is 2. The summed E-state index contributed by atoms with van der Waals surface area (Å²) in [6, 6.07) is 5.49. The largest absolute Gasteiger partial charge is 0.377 e. The van der Waals surface area contributed by atoms with Gasteiger partial charge in [0.2, 0.25) is 0 Å². The fourth-order valence-corrected chi connectivity index (χ4v) is 3.58. The SMILES string of the molecule is Cc1cc(Cl)c2c(c1)N(C)C1CCCCC1N2. The predicted molar refractivity (Wildman–Crippen MR) is 74.3 cm³/mol. The molecule has 1 aromatic carbocycles. The molecule has 2 atom stereocenters. The molecular formula is C14H19ClN2. The first-order valence-corrected chi connectivity index (χ1v) is 6.84. The van der Waals surface area contributed by atoms with E-state index < -0.39 is 0 Å². The van der Waals surface area contributed by atoms with Crippen LogP contribution in [0.2, 0.25) is 5.02 Å². The van der Waals surface area contributed by atoms with Crippen molar-refractivity contribution in [2.45, 2.75) is 44.7 Å². The Morgan fingerprint density at radius 3 is 2.88 bits per heavy atom. The zero-order valence-electron chi connectivity index (χ0n) is 10.5. The summed E-state index contributed by atoms with van der Waals surface area (Å²) in [7, 11) is 2.21. The van der Waals surface area contributed by atoms with Gasteiger partial charge < -0.3 is 10.2 Å². The summed E-state index contributed by atoms with van der Waals surface area (Å²) in [6.07, 6.45) is 5.24. The normalized spacial score (nSPS) is 27.1. The molecule has 1 aliphatic carbocycles. The molecule has 1 heterocycles. The highest BCUT2D eigenvalue weighted by Gasteiger charge is 2.34. The van der Waals surface area contributed by atoms with Crippen molar-refractivity contribution in [1.29, 1.82) is 0 Å². The van der Waals surface area contributed by atoms with Gasteiger partial charge in [-0.3, -0.25) is 0 Å². The molecular weight excluding hydrogens is 232 g/mol. The number of halogens is 1. The average Bonchev–Trinajstić information content (AvgIpc) is 2.31. The second kappa shape index (κ2) is 4.09. The fourth-order valence-electron chi connectivity index (χ4n) is 3.25. The highest BCUT2D eigenvalue weighted by atomic mass is 35.5. The van der Waals surface area contributed by atoms with Gasteiger partial charge in [-0.15, -0.1) is 0 Å². The first-order valence-electron chi connectivity index (χ1n) is 6.46. The van der Waals surface area contributed by atoms with E-state index in [9.17, 15) is 0 Å². The molecule has 2 aliphatic rings. The molecule has 17 heavy (non-hydrogen) atoms. The van der Waals surface area contributed by atoms with Crippen LogP contribution < -0.4 is 10.2 Å². The number of nitrogens with one attached hydrogen (secondary N) is 1. The van der Waals surface area contributed by atoms with Gasteiger partial charge >= 0.3 is 0 Å². The van der Waals surface area contributed by atoms with Crippen LogP contribution >= 0.6 is 11.6 Å². The Kier molecular flexibility index (Phi) is 2.70. The smallest absolute Gasteiger partial charge is 0.0770 e. The van der Waals surface area contributed by atoms with Crippen LogP contribution in [0.4, 0.5) is 11.4 Å². The fraction of sp³-hybridized carbons (Fsp3) is 0.571. The van der Waals surface area contributed by atoms with E-state index in [1.807, 2.05) is 6.07 Å². The predicted octanol–water partition coefficient (Wildman–Crippen LogP) is 3.82. The molecule has 0 spiro atoms. The van der Waals surface area contributed by atoms with Crippen molar-refractivity contribution in [3.63, 3.8) is 0 Å². The van der Waals surface area contributed by atoms with Gasteiger partial charge in [-0.1, -0.05) is 24.4 Å². The third-order valence-electron chi connectivity index (χ3n) is 4.15.